The maximum absolute atomic E-state index is 11.7. The molecular weight excluding hydrogens is 260 g/mol. The number of amides is 1. The Morgan fingerprint density at radius 1 is 1.00 bits per heavy atom. The standard InChI is InChI=1S/C18H22N2O/c1-3-4-9-18(21)20-16-12-10-15(11-13-16)19-17-8-6-5-7-14(17)2/h5-8,10-13,19H,3-4,9H2,1-2H3,(H,20,21). The van der Waals surface area contributed by atoms with E-state index in [4.69, 9.17) is 0 Å². The van der Waals surface area contributed by atoms with Crippen LogP contribution in [0.15, 0.2) is 48.5 Å². The Bertz CT molecular complexity index is 590. The molecule has 0 fully saturated rings. The van der Waals surface area contributed by atoms with Gasteiger partial charge in [0.25, 0.3) is 0 Å². The van der Waals surface area contributed by atoms with Crippen LogP contribution >= 0.6 is 0 Å². The van der Waals surface area contributed by atoms with E-state index in [0.29, 0.717) is 6.42 Å². The number of hydrogen-bond donors (Lipinski definition) is 2. The molecule has 0 unspecified atom stereocenters. The molecule has 0 atom stereocenters. The van der Waals surface area contributed by atoms with Crippen LogP contribution in [-0.2, 0) is 4.79 Å². The molecule has 2 aromatic rings. The van der Waals surface area contributed by atoms with Gasteiger partial charge in [0.2, 0.25) is 5.91 Å². The van der Waals surface area contributed by atoms with Gasteiger partial charge in [0.15, 0.2) is 0 Å². The molecule has 110 valence electrons. The summed E-state index contributed by atoms with van der Waals surface area (Å²) in [6, 6.07) is 16.0. The van der Waals surface area contributed by atoms with Crippen molar-refractivity contribution in [2.75, 3.05) is 10.6 Å². The van der Waals surface area contributed by atoms with Gasteiger partial charge in [0, 0.05) is 23.5 Å². The minimum Gasteiger partial charge on any atom is -0.355 e. The highest BCUT2D eigenvalue weighted by Gasteiger charge is 2.02. The van der Waals surface area contributed by atoms with Gasteiger partial charge in [-0.3, -0.25) is 4.79 Å². The first-order valence-corrected chi connectivity index (χ1v) is 7.41. The Hall–Kier alpha value is -2.29. The fourth-order valence-electron chi connectivity index (χ4n) is 2.07. The van der Waals surface area contributed by atoms with E-state index in [1.165, 1.54) is 5.56 Å². The summed E-state index contributed by atoms with van der Waals surface area (Å²) in [6.07, 6.45) is 2.55. The lowest BCUT2D eigenvalue weighted by Gasteiger charge is -2.10. The molecule has 0 saturated carbocycles. The third-order valence-corrected chi connectivity index (χ3v) is 3.35. The highest BCUT2D eigenvalue weighted by molar-refractivity contribution is 5.90. The van der Waals surface area contributed by atoms with E-state index < -0.39 is 0 Å². The van der Waals surface area contributed by atoms with Crippen LogP contribution < -0.4 is 10.6 Å². The van der Waals surface area contributed by atoms with Crippen LogP contribution in [0.25, 0.3) is 0 Å². The number of anilines is 3. The lowest BCUT2D eigenvalue weighted by molar-refractivity contribution is -0.116. The average Bonchev–Trinajstić information content (AvgIpc) is 2.49. The van der Waals surface area contributed by atoms with E-state index >= 15 is 0 Å². The van der Waals surface area contributed by atoms with Gasteiger partial charge in [-0.15, -0.1) is 0 Å². The average molecular weight is 282 g/mol. The molecule has 0 aliphatic heterocycles. The Kier molecular flexibility index (Phi) is 5.38. The zero-order valence-corrected chi connectivity index (χ0v) is 12.6. The molecule has 2 aromatic carbocycles. The summed E-state index contributed by atoms with van der Waals surface area (Å²) in [4.78, 5) is 11.7. The smallest absolute Gasteiger partial charge is 0.224 e. The molecule has 0 saturated heterocycles. The van der Waals surface area contributed by atoms with Gasteiger partial charge in [-0.2, -0.15) is 0 Å². The van der Waals surface area contributed by atoms with Gasteiger partial charge >= 0.3 is 0 Å². The van der Waals surface area contributed by atoms with Crippen LogP contribution in [0, 0.1) is 6.92 Å². The first kappa shape index (κ1) is 15.1. The Balaban J connectivity index is 1.96. The second kappa shape index (κ2) is 7.48. The van der Waals surface area contributed by atoms with Gasteiger partial charge < -0.3 is 10.6 Å². The molecule has 0 heterocycles. The molecule has 2 rings (SSSR count). The Morgan fingerprint density at radius 3 is 2.33 bits per heavy atom. The molecule has 0 bridgehead atoms. The zero-order valence-electron chi connectivity index (χ0n) is 12.6. The predicted molar refractivity (Wildman–Crippen MR) is 89.1 cm³/mol. The quantitative estimate of drug-likeness (QED) is 0.793. The number of carbonyl (C=O) groups excluding carboxylic acids is 1. The monoisotopic (exact) mass is 282 g/mol. The second-order valence-electron chi connectivity index (χ2n) is 5.17. The van der Waals surface area contributed by atoms with Crippen LogP contribution in [-0.4, -0.2) is 5.91 Å². The van der Waals surface area contributed by atoms with Crippen molar-refractivity contribution < 1.29 is 4.79 Å². The number of benzene rings is 2. The molecule has 21 heavy (non-hydrogen) atoms. The minimum absolute atomic E-state index is 0.0801. The lowest BCUT2D eigenvalue weighted by Crippen LogP contribution is -2.10. The molecule has 1 amide bonds. The Labute approximate surface area is 126 Å². The summed E-state index contributed by atoms with van der Waals surface area (Å²) >= 11 is 0. The van der Waals surface area contributed by atoms with Crippen LogP contribution in [0.5, 0.6) is 0 Å². The summed E-state index contributed by atoms with van der Waals surface area (Å²) in [7, 11) is 0. The van der Waals surface area contributed by atoms with Crippen molar-refractivity contribution in [1.29, 1.82) is 0 Å². The zero-order chi connectivity index (χ0) is 15.1. The molecule has 0 aliphatic rings. The number of rotatable bonds is 6. The molecular formula is C18H22N2O. The van der Waals surface area contributed by atoms with E-state index in [1.54, 1.807) is 0 Å². The van der Waals surface area contributed by atoms with Crippen molar-refractivity contribution in [1.82, 2.24) is 0 Å². The molecule has 0 radical (unpaired) electrons. The van der Waals surface area contributed by atoms with Crippen molar-refractivity contribution >= 4 is 23.0 Å². The number of carbonyl (C=O) groups is 1. The highest BCUT2D eigenvalue weighted by Crippen LogP contribution is 2.21. The topological polar surface area (TPSA) is 41.1 Å². The van der Waals surface area contributed by atoms with Gasteiger partial charge in [0.05, 0.1) is 0 Å². The molecule has 0 aromatic heterocycles. The fourth-order valence-corrected chi connectivity index (χ4v) is 2.07. The third-order valence-electron chi connectivity index (χ3n) is 3.35. The maximum atomic E-state index is 11.7. The number of para-hydroxylation sites is 1. The first-order valence-electron chi connectivity index (χ1n) is 7.41. The number of nitrogens with one attached hydrogen (secondary N) is 2. The van der Waals surface area contributed by atoms with Gasteiger partial charge in [-0.05, 0) is 49.2 Å². The maximum Gasteiger partial charge on any atom is 0.224 e. The van der Waals surface area contributed by atoms with E-state index in [9.17, 15) is 4.79 Å². The summed E-state index contributed by atoms with van der Waals surface area (Å²) in [6.45, 7) is 4.16. The van der Waals surface area contributed by atoms with Crippen molar-refractivity contribution in [2.45, 2.75) is 33.1 Å². The molecule has 3 nitrogen and oxygen atoms in total. The van der Waals surface area contributed by atoms with E-state index in [0.717, 1.165) is 29.9 Å². The molecule has 2 N–H and O–H groups in total. The summed E-state index contributed by atoms with van der Waals surface area (Å²) < 4.78 is 0. The highest BCUT2D eigenvalue weighted by atomic mass is 16.1. The Morgan fingerprint density at radius 2 is 1.67 bits per heavy atom. The van der Waals surface area contributed by atoms with Crippen LogP contribution in [0.3, 0.4) is 0 Å². The SMILES string of the molecule is CCCCC(=O)Nc1ccc(Nc2ccccc2C)cc1. The normalized spacial score (nSPS) is 10.2. The molecule has 0 aliphatic carbocycles. The van der Waals surface area contributed by atoms with Gasteiger partial charge in [-0.25, -0.2) is 0 Å². The van der Waals surface area contributed by atoms with Crippen molar-refractivity contribution in [3.63, 3.8) is 0 Å². The van der Waals surface area contributed by atoms with E-state index in [-0.39, 0.29) is 5.91 Å². The van der Waals surface area contributed by atoms with E-state index in [2.05, 4.69) is 36.6 Å². The van der Waals surface area contributed by atoms with Crippen molar-refractivity contribution in [3.8, 4) is 0 Å². The third kappa shape index (κ3) is 4.63. The largest absolute Gasteiger partial charge is 0.355 e. The molecule has 3 heteroatoms. The summed E-state index contributed by atoms with van der Waals surface area (Å²) in [5.41, 5.74) is 4.15. The van der Waals surface area contributed by atoms with E-state index in [1.807, 2.05) is 36.4 Å². The van der Waals surface area contributed by atoms with Crippen molar-refractivity contribution in [3.05, 3.63) is 54.1 Å². The van der Waals surface area contributed by atoms with Crippen LogP contribution in [0.1, 0.15) is 31.7 Å². The number of unbranched alkanes of at least 4 members (excludes halogenated alkanes) is 1. The fraction of sp³-hybridized carbons (Fsp3) is 0.278. The second-order valence-corrected chi connectivity index (χ2v) is 5.17. The van der Waals surface area contributed by atoms with Gasteiger partial charge in [-0.1, -0.05) is 31.5 Å². The van der Waals surface area contributed by atoms with Gasteiger partial charge in [0.1, 0.15) is 0 Å². The summed E-state index contributed by atoms with van der Waals surface area (Å²) in [5, 5.41) is 6.29. The van der Waals surface area contributed by atoms with Crippen LogP contribution in [0.2, 0.25) is 0 Å². The number of aryl methyl sites for hydroxylation is 1. The van der Waals surface area contributed by atoms with Crippen molar-refractivity contribution in [2.24, 2.45) is 0 Å². The lowest BCUT2D eigenvalue weighted by atomic mass is 10.2. The molecule has 0 spiro atoms. The minimum atomic E-state index is 0.0801. The summed E-state index contributed by atoms with van der Waals surface area (Å²) in [5.74, 6) is 0.0801. The number of hydrogen-bond acceptors (Lipinski definition) is 2. The predicted octanol–water partition coefficient (Wildman–Crippen LogP) is 4.87. The first-order chi connectivity index (χ1) is 10.2. The van der Waals surface area contributed by atoms with Crippen LogP contribution in [0.4, 0.5) is 17.1 Å².